The summed E-state index contributed by atoms with van der Waals surface area (Å²) < 4.78 is 0. The van der Waals surface area contributed by atoms with Crippen molar-refractivity contribution in [3.8, 4) is 6.07 Å². The third-order valence-corrected chi connectivity index (χ3v) is 2.12. The highest BCUT2D eigenvalue weighted by Gasteiger charge is 2.30. The summed E-state index contributed by atoms with van der Waals surface area (Å²) in [6.07, 6.45) is 1.59. The third kappa shape index (κ3) is 4.13. The molecule has 0 fully saturated rings. The fraction of sp³-hybridized carbons (Fsp3) is 0.636. The van der Waals surface area contributed by atoms with Crippen LogP contribution in [0.3, 0.4) is 0 Å². The number of nitriles is 1. The van der Waals surface area contributed by atoms with Crippen molar-refractivity contribution in [1.29, 1.82) is 5.26 Å². The average Bonchev–Trinajstić information content (AvgIpc) is 2.14. The lowest BCUT2D eigenvalue weighted by Gasteiger charge is -2.30. The summed E-state index contributed by atoms with van der Waals surface area (Å²) in [6.45, 7) is 9.64. The molecule has 4 heteroatoms. The Balaban J connectivity index is 4.64. The van der Waals surface area contributed by atoms with Crippen LogP contribution in [0.25, 0.3) is 0 Å². The van der Waals surface area contributed by atoms with E-state index in [0.29, 0.717) is 6.54 Å². The Morgan fingerprint density at radius 1 is 1.67 bits per heavy atom. The molecule has 84 valence electrons. The van der Waals surface area contributed by atoms with Gasteiger partial charge in [0.1, 0.15) is 6.54 Å². The Morgan fingerprint density at radius 3 is 2.53 bits per heavy atom. The highest BCUT2D eigenvalue weighted by Crippen LogP contribution is 2.18. The van der Waals surface area contributed by atoms with Gasteiger partial charge in [-0.3, -0.25) is 4.79 Å². The van der Waals surface area contributed by atoms with Gasteiger partial charge in [-0.1, -0.05) is 26.8 Å². The molecule has 0 rings (SSSR count). The second-order valence-corrected chi connectivity index (χ2v) is 4.51. The molecule has 2 N–H and O–H groups in total. The summed E-state index contributed by atoms with van der Waals surface area (Å²) in [6, 6.07) is 1.35. The minimum atomic E-state index is -0.592. The van der Waals surface area contributed by atoms with Crippen LogP contribution in [0.5, 0.6) is 0 Å². The van der Waals surface area contributed by atoms with E-state index in [1.165, 1.54) is 4.90 Å². The van der Waals surface area contributed by atoms with Crippen LogP contribution >= 0.6 is 0 Å². The maximum absolute atomic E-state index is 11.9. The number of carbonyl (C=O) groups excluding carboxylic acids is 1. The van der Waals surface area contributed by atoms with Crippen LogP contribution in [0, 0.1) is 16.7 Å². The average molecular weight is 209 g/mol. The second kappa shape index (κ2) is 5.52. The number of nitrogens with two attached hydrogens (primary N) is 1. The molecule has 0 aliphatic carbocycles. The van der Waals surface area contributed by atoms with Crippen molar-refractivity contribution >= 4 is 5.91 Å². The van der Waals surface area contributed by atoms with Crippen LogP contribution in [-0.2, 0) is 4.79 Å². The van der Waals surface area contributed by atoms with Crippen molar-refractivity contribution in [3.05, 3.63) is 12.7 Å². The van der Waals surface area contributed by atoms with Crippen LogP contribution in [-0.4, -0.2) is 29.9 Å². The van der Waals surface area contributed by atoms with Crippen molar-refractivity contribution < 1.29 is 4.79 Å². The molecule has 0 saturated heterocycles. The van der Waals surface area contributed by atoms with E-state index in [1.807, 2.05) is 26.8 Å². The molecule has 0 radical (unpaired) electrons. The zero-order valence-electron chi connectivity index (χ0n) is 9.66. The van der Waals surface area contributed by atoms with Crippen LogP contribution in [0.4, 0.5) is 0 Å². The quantitative estimate of drug-likeness (QED) is 0.552. The van der Waals surface area contributed by atoms with Crippen molar-refractivity contribution in [3.63, 3.8) is 0 Å². The van der Waals surface area contributed by atoms with Crippen LogP contribution in [0.1, 0.15) is 20.8 Å². The molecule has 1 atom stereocenters. The number of hydrogen-bond acceptors (Lipinski definition) is 3. The van der Waals surface area contributed by atoms with E-state index in [9.17, 15) is 4.79 Å². The zero-order valence-corrected chi connectivity index (χ0v) is 9.66. The molecule has 0 aromatic rings. The number of nitrogens with zero attached hydrogens (tertiary/aromatic N) is 2. The third-order valence-electron chi connectivity index (χ3n) is 2.12. The minimum absolute atomic E-state index is 0.0502. The van der Waals surface area contributed by atoms with Crippen molar-refractivity contribution in [2.45, 2.75) is 26.8 Å². The normalized spacial score (nSPS) is 12.7. The first-order valence-corrected chi connectivity index (χ1v) is 4.86. The molecule has 15 heavy (non-hydrogen) atoms. The Hall–Kier alpha value is -1.34. The smallest absolute Gasteiger partial charge is 0.241 e. The molecule has 0 spiro atoms. The number of amides is 1. The van der Waals surface area contributed by atoms with Gasteiger partial charge < -0.3 is 10.6 Å². The van der Waals surface area contributed by atoms with E-state index in [-0.39, 0.29) is 17.9 Å². The largest absolute Gasteiger partial charge is 0.324 e. The van der Waals surface area contributed by atoms with E-state index in [0.717, 1.165) is 0 Å². The monoisotopic (exact) mass is 209 g/mol. The molecule has 4 nitrogen and oxygen atoms in total. The lowest BCUT2D eigenvalue weighted by atomic mass is 9.86. The van der Waals surface area contributed by atoms with E-state index in [2.05, 4.69) is 6.58 Å². The number of rotatable bonds is 4. The Bertz CT molecular complexity index is 273. The van der Waals surface area contributed by atoms with E-state index < -0.39 is 6.04 Å². The summed E-state index contributed by atoms with van der Waals surface area (Å²) in [5.41, 5.74) is 5.52. The van der Waals surface area contributed by atoms with Gasteiger partial charge in [-0.05, 0) is 5.41 Å². The number of hydrogen-bond donors (Lipinski definition) is 1. The first-order chi connectivity index (χ1) is 6.84. The molecule has 1 amide bonds. The minimum Gasteiger partial charge on any atom is -0.324 e. The molecule has 0 aromatic carbocycles. The van der Waals surface area contributed by atoms with Gasteiger partial charge in [0.05, 0.1) is 12.1 Å². The summed E-state index contributed by atoms with van der Waals surface area (Å²) in [5.74, 6) is -0.205. The topological polar surface area (TPSA) is 70.1 Å². The van der Waals surface area contributed by atoms with Crippen LogP contribution in [0.15, 0.2) is 12.7 Å². The fourth-order valence-electron chi connectivity index (χ4n) is 1.04. The summed E-state index contributed by atoms with van der Waals surface area (Å²) in [7, 11) is 0. The fourth-order valence-corrected chi connectivity index (χ4v) is 1.04. The highest BCUT2D eigenvalue weighted by molar-refractivity contribution is 5.82. The zero-order chi connectivity index (χ0) is 12.1. The maximum atomic E-state index is 11.9. The Labute approximate surface area is 91.4 Å². The van der Waals surface area contributed by atoms with E-state index in [1.54, 1.807) is 6.08 Å². The van der Waals surface area contributed by atoms with E-state index >= 15 is 0 Å². The second-order valence-electron chi connectivity index (χ2n) is 4.51. The highest BCUT2D eigenvalue weighted by atomic mass is 16.2. The van der Waals surface area contributed by atoms with Gasteiger partial charge in [0.25, 0.3) is 0 Å². The van der Waals surface area contributed by atoms with Gasteiger partial charge in [-0.2, -0.15) is 5.26 Å². The molecular weight excluding hydrogens is 190 g/mol. The maximum Gasteiger partial charge on any atom is 0.241 e. The van der Waals surface area contributed by atoms with Crippen molar-refractivity contribution in [2.24, 2.45) is 11.1 Å². The van der Waals surface area contributed by atoms with E-state index in [4.69, 9.17) is 11.0 Å². The first kappa shape index (κ1) is 13.7. The molecule has 0 bridgehead atoms. The summed E-state index contributed by atoms with van der Waals surface area (Å²) in [4.78, 5) is 13.3. The van der Waals surface area contributed by atoms with Gasteiger partial charge in [0, 0.05) is 6.54 Å². The molecule has 0 aliphatic heterocycles. The van der Waals surface area contributed by atoms with Gasteiger partial charge >= 0.3 is 0 Å². The number of carbonyl (C=O) groups is 1. The van der Waals surface area contributed by atoms with Gasteiger partial charge in [-0.25, -0.2) is 0 Å². The molecule has 0 aliphatic rings. The predicted octanol–water partition coefficient (Wildman–Crippen LogP) is 0.898. The lowest BCUT2D eigenvalue weighted by molar-refractivity contribution is -0.133. The first-order valence-electron chi connectivity index (χ1n) is 4.86. The van der Waals surface area contributed by atoms with Crippen LogP contribution < -0.4 is 5.73 Å². The lowest BCUT2D eigenvalue weighted by Crippen LogP contribution is -2.50. The van der Waals surface area contributed by atoms with Gasteiger partial charge in [-0.15, -0.1) is 6.58 Å². The summed E-state index contributed by atoms with van der Waals surface area (Å²) in [5, 5.41) is 8.58. The van der Waals surface area contributed by atoms with Crippen molar-refractivity contribution in [2.75, 3.05) is 13.1 Å². The van der Waals surface area contributed by atoms with Gasteiger partial charge in [0.15, 0.2) is 0 Å². The predicted molar refractivity (Wildman–Crippen MR) is 59.8 cm³/mol. The molecule has 0 saturated carbocycles. The molecule has 0 heterocycles. The standard InChI is InChI=1S/C11H19N3O/c1-5-7-14(8-6-12)10(15)9(13)11(2,3)4/h5,9H,1,7-8,13H2,2-4H3/t9-/m1/s1. The SMILES string of the molecule is C=CCN(CC#N)C(=O)[C@@H](N)C(C)(C)C. The molecular formula is C11H19N3O. The summed E-state index contributed by atoms with van der Waals surface area (Å²) >= 11 is 0. The molecule has 0 unspecified atom stereocenters. The molecule has 0 aromatic heterocycles. The Morgan fingerprint density at radius 2 is 2.20 bits per heavy atom. The van der Waals surface area contributed by atoms with Crippen LogP contribution in [0.2, 0.25) is 0 Å². The van der Waals surface area contributed by atoms with Gasteiger partial charge in [0.2, 0.25) is 5.91 Å². The Kier molecular flexibility index (Phi) is 5.03. The van der Waals surface area contributed by atoms with Crippen molar-refractivity contribution in [1.82, 2.24) is 4.90 Å².